The highest BCUT2D eigenvalue weighted by atomic mass is 35.5. The van der Waals surface area contributed by atoms with Crippen LogP contribution in [0.5, 0.6) is 11.5 Å². The number of aromatic nitrogens is 1. The summed E-state index contributed by atoms with van der Waals surface area (Å²) in [5.74, 6) is -0.199. The fourth-order valence-corrected chi connectivity index (χ4v) is 4.90. The van der Waals surface area contributed by atoms with Gasteiger partial charge in [-0.15, -0.1) is 0 Å². The van der Waals surface area contributed by atoms with E-state index >= 15 is 0 Å². The van der Waals surface area contributed by atoms with Gasteiger partial charge < -0.3 is 14.6 Å². The van der Waals surface area contributed by atoms with Crippen molar-refractivity contribution in [2.75, 3.05) is 6.61 Å². The number of nitrogens with zero attached hydrogens (tertiary/aromatic N) is 1. The molecular formula is C26H23Cl2NO6S. The number of phenols is 1. The van der Waals surface area contributed by atoms with Gasteiger partial charge in [0.15, 0.2) is 21.3 Å². The van der Waals surface area contributed by atoms with Crippen molar-refractivity contribution in [3.05, 3.63) is 93.6 Å². The fraction of sp³-hybridized carbons (Fsp3) is 0.231. The molecule has 0 amide bonds. The topological polar surface area (TPSA) is 103 Å². The molecule has 0 unspecified atom stereocenters. The molecule has 7 nitrogen and oxygen atoms in total. The van der Waals surface area contributed by atoms with Gasteiger partial charge in [-0.2, -0.15) is 0 Å². The van der Waals surface area contributed by atoms with Crippen LogP contribution in [0.15, 0.2) is 77.3 Å². The Balaban J connectivity index is 1.59. The Hall–Kier alpha value is -3.07. The molecular weight excluding hydrogens is 525 g/mol. The monoisotopic (exact) mass is 547 g/mol. The average Bonchev–Trinajstić information content (AvgIpc) is 3.69. The summed E-state index contributed by atoms with van der Waals surface area (Å²) in [7, 11) is -3.83. The highest BCUT2D eigenvalue weighted by molar-refractivity contribution is 7.94. The van der Waals surface area contributed by atoms with E-state index in [1.54, 1.807) is 30.3 Å². The smallest absolute Gasteiger partial charge is 0.332 e. The van der Waals surface area contributed by atoms with Crippen molar-refractivity contribution >= 4 is 39.0 Å². The predicted molar refractivity (Wildman–Crippen MR) is 136 cm³/mol. The molecule has 0 bridgehead atoms. The summed E-state index contributed by atoms with van der Waals surface area (Å²) in [4.78, 5) is 16.7. The molecule has 0 spiro atoms. The molecule has 10 heteroatoms. The summed E-state index contributed by atoms with van der Waals surface area (Å²) in [5, 5.41) is 11.6. The van der Waals surface area contributed by atoms with Crippen molar-refractivity contribution < 1.29 is 27.8 Å². The van der Waals surface area contributed by atoms with Gasteiger partial charge in [-0.3, -0.25) is 4.98 Å². The molecule has 0 aliphatic heterocycles. The lowest BCUT2D eigenvalue weighted by Gasteiger charge is -2.20. The lowest BCUT2D eigenvalue weighted by molar-refractivity contribution is -0.143. The molecule has 1 atom stereocenters. The number of esters is 1. The second kappa shape index (κ2) is 11.3. The summed E-state index contributed by atoms with van der Waals surface area (Å²) in [6, 6.07) is 12.4. The van der Waals surface area contributed by atoms with Crippen LogP contribution in [0, 0.1) is 5.92 Å². The van der Waals surface area contributed by atoms with Gasteiger partial charge in [-0.25, -0.2) is 13.2 Å². The van der Waals surface area contributed by atoms with Gasteiger partial charge in [0.05, 0.1) is 21.5 Å². The maximum Gasteiger partial charge on any atom is 0.332 e. The largest absolute Gasteiger partial charge is 0.504 e. The van der Waals surface area contributed by atoms with Gasteiger partial charge in [0.25, 0.3) is 0 Å². The van der Waals surface area contributed by atoms with E-state index in [0.717, 1.165) is 24.3 Å². The van der Waals surface area contributed by atoms with Crippen LogP contribution in [0.2, 0.25) is 10.0 Å². The van der Waals surface area contributed by atoms with E-state index in [9.17, 15) is 18.3 Å². The number of carbonyl (C=O) groups excluding carboxylic acids is 1. The van der Waals surface area contributed by atoms with Crippen LogP contribution in [0.1, 0.15) is 30.1 Å². The van der Waals surface area contributed by atoms with E-state index in [-0.39, 0.29) is 32.9 Å². The molecule has 0 saturated heterocycles. The van der Waals surface area contributed by atoms with Crippen LogP contribution < -0.4 is 4.74 Å². The number of sulfone groups is 1. The summed E-state index contributed by atoms with van der Waals surface area (Å²) in [6.07, 6.45) is 5.04. The van der Waals surface area contributed by atoms with Crippen molar-refractivity contribution in [1.29, 1.82) is 0 Å². The Bertz CT molecular complexity index is 1350. The molecule has 1 saturated carbocycles. The molecule has 3 aromatic rings. The molecule has 1 heterocycles. The number of aromatic hydroxyl groups is 1. The second-order valence-corrected chi connectivity index (χ2v) is 11.0. The van der Waals surface area contributed by atoms with E-state index in [1.807, 2.05) is 0 Å². The van der Waals surface area contributed by atoms with Gasteiger partial charge in [-0.1, -0.05) is 47.5 Å². The molecule has 1 aromatic heterocycles. The molecule has 1 aliphatic rings. The lowest BCUT2D eigenvalue weighted by atomic mass is 10.0. The van der Waals surface area contributed by atoms with Crippen molar-refractivity contribution in [1.82, 2.24) is 4.98 Å². The predicted octanol–water partition coefficient (Wildman–Crippen LogP) is 5.70. The zero-order valence-corrected chi connectivity index (χ0v) is 21.3. The molecule has 1 N–H and O–H groups in total. The quantitative estimate of drug-likeness (QED) is 0.256. The minimum absolute atomic E-state index is 0.0432. The highest BCUT2D eigenvalue weighted by Gasteiger charge is 2.24. The lowest BCUT2D eigenvalue weighted by Crippen LogP contribution is -2.14. The van der Waals surface area contributed by atoms with E-state index < -0.39 is 21.9 Å². The van der Waals surface area contributed by atoms with Crippen LogP contribution in [-0.4, -0.2) is 31.1 Å². The molecule has 1 aliphatic carbocycles. The van der Waals surface area contributed by atoms with Gasteiger partial charge in [0.2, 0.25) is 0 Å². The Morgan fingerprint density at radius 2 is 1.81 bits per heavy atom. The third-order valence-electron chi connectivity index (χ3n) is 5.58. The Kier molecular flexibility index (Phi) is 8.18. The Labute approximate surface area is 219 Å². The number of pyridine rings is 1. The number of benzene rings is 2. The van der Waals surface area contributed by atoms with Crippen molar-refractivity contribution in [3.63, 3.8) is 0 Å². The van der Waals surface area contributed by atoms with E-state index in [0.29, 0.717) is 23.7 Å². The van der Waals surface area contributed by atoms with Crippen molar-refractivity contribution in [2.24, 2.45) is 5.92 Å². The number of ether oxygens (including phenoxy) is 2. The zero-order valence-electron chi connectivity index (χ0n) is 19.0. The third kappa shape index (κ3) is 6.78. The highest BCUT2D eigenvalue weighted by Crippen LogP contribution is 2.36. The van der Waals surface area contributed by atoms with E-state index in [2.05, 4.69) is 4.98 Å². The second-order valence-electron chi connectivity index (χ2n) is 8.35. The summed E-state index contributed by atoms with van der Waals surface area (Å²) >= 11 is 12.6. The number of halogens is 2. The van der Waals surface area contributed by atoms with Gasteiger partial charge in [-0.05, 0) is 54.2 Å². The zero-order chi connectivity index (χ0) is 25.7. The number of phenolic OH excluding ortho intramolecular Hbond substituents is 1. The summed E-state index contributed by atoms with van der Waals surface area (Å²) in [6.45, 7) is 0.476. The van der Waals surface area contributed by atoms with Gasteiger partial charge in [0.1, 0.15) is 6.10 Å². The molecule has 2 aromatic carbocycles. The minimum Gasteiger partial charge on any atom is -0.504 e. The van der Waals surface area contributed by atoms with E-state index in [4.69, 9.17) is 32.7 Å². The molecule has 1 fully saturated rings. The summed E-state index contributed by atoms with van der Waals surface area (Å²) in [5.41, 5.74) is 1.01. The first-order chi connectivity index (χ1) is 17.2. The number of carbonyl (C=O) groups is 1. The van der Waals surface area contributed by atoms with Crippen LogP contribution in [0.3, 0.4) is 0 Å². The normalized spacial score (nSPS) is 14.5. The maximum absolute atomic E-state index is 12.7. The van der Waals surface area contributed by atoms with Crippen LogP contribution in [0.25, 0.3) is 0 Å². The number of hydrogen-bond acceptors (Lipinski definition) is 7. The van der Waals surface area contributed by atoms with Gasteiger partial charge in [0, 0.05) is 30.3 Å². The first-order valence-corrected chi connectivity index (χ1v) is 13.5. The number of rotatable bonds is 10. The standard InChI is InChI=1S/C26H23Cl2NO6S/c27-21-14-29-15-22(28)20(21)13-24(18-8-9-23(30)25(12-18)34-16-17-6-7-17)35-26(31)10-11-36(32,33)19-4-2-1-3-5-19/h1-5,8-12,14-15,17,24,30H,6-7,13,16H2/b11-10+/t24-/m0/s1. The average molecular weight is 548 g/mol. The summed E-state index contributed by atoms with van der Waals surface area (Å²) < 4.78 is 36.4. The van der Waals surface area contributed by atoms with E-state index in [1.165, 1.54) is 30.6 Å². The molecule has 36 heavy (non-hydrogen) atoms. The fourth-order valence-electron chi connectivity index (χ4n) is 3.40. The van der Waals surface area contributed by atoms with Gasteiger partial charge >= 0.3 is 5.97 Å². The minimum atomic E-state index is -3.83. The van der Waals surface area contributed by atoms with Crippen molar-refractivity contribution in [3.8, 4) is 11.5 Å². The van der Waals surface area contributed by atoms with Crippen LogP contribution >= 0.6 is 23.2 Å². The maximum atomic E-state index is 12.7. The third-order valence-corrected chi connectivity index (χ3v) is 7.66. The Morgan fingerprint density at radius 1 is 1.11 bits per heavy atom. The van der Waals surface area contributed by atoms with Crippen LogP contribution in [-0.2, 0) is 25.8 Å². The molecule has 188 valence electrons. The first-order valence-electron chi connectivity index (χ1n) is 11.2. The SMILES string of the molecule is O=C(/C=C/S(=O)(=O)c1ccccc1)O[C@@H](Cc1c(Cl)cncc1Cl)c1ccc(O)c(OCC2CC2)c1. The molecule has 4 rings (SSSR count). The number of hydrogen-bond donors (Lipinski definition) is 1. The molecule has 0 radical (unpaired) electrons. The Morgan fingerprint density at radius 3 is 2.47 bits per heavy atom. The van der Waals surface area contributed by atoms with Crippen molar-refractivity contribution in [2.45, 2.75) is 30.3 Å². The van der Waals surface area contributed by atoms with Crippen LogP contribution in [0.4, 0.5) is 0 Å². The first kappa shape index (κ1) is 26.0.